The molecule has 2 N–H and O–H groups in total. The molecule has 5 nitrogen and oxygen atoms in total. The van der Waals surface area contributed by atoms with E-state index in [1.54, 1.807) is 12.1 Å². The van der Waals surface area contributed by atoms with E-state index in [4.69, 9.17) is 11.6 Å². The maximum atomic E-state index is 11.0. The summed E-state index contributed by atoms with van der Waals surface area (Å²) in [6, 6.07) is 4.96. The quantitative estimate of drug-likeness (QED) is 0.658. The van der Waals surface area contributed by atoms with Crippen LogP contribution in [0.15, 0.2) is 18.2 Å². The third kappa shape index (κ3) is 3.36. The minimum atomic E-state index is -0.438. The van der Waals surface area contributed by atoms with E-state index in [-0.39, 0.29) is 16.1 Å². The second kappa shape index (κ2) is 5.75. The van der Waals surface area contributed by atoms with E-state index < -0.39 is 4.92 Å². The predicted octanol–water partition coefficient (Wildman–Crippen LogP) is 3.05. The monoisotopic (exact) mass is 283 g/mol. The van der Waals surface area contributed by atoms with Crippen LogP contribution in [0.4, 0.5) is 11.4 Å². The first kappa shape index (κ1) is 14.1. The van der Waals surface area contributed by atoms with E-state index in [9.17, 15) is 10.1 Å². The largest absolute Gasteiger partial charge is 0.379 e. The fourth-order valence-corrected chi connectivity index (χ4v) is 2.67. The summed E-state index contributed by atoms with van der Waals surface area (Å²) >= 11 is 5.89. The number of nitrogens with one attached hydrogen (secondary N) is 2. The molecular weight excluding hydrogens is 266 g/mol. The zero-order chi connectivity index (χ0) is 13.9. The molecule has 0 spiro atoms. The fourth-order valence-electron chi connectivity index (χ4n) is 2.42. The van der Waals surface area contributed by atoms with Gasteiger partial charge in [0.25, 0.3) is 0 Å². The van der Waals surface area contributed by atoms with Crippen molar-refractivity contribution in [3.05, 3.63) is 33.3 Å². The average Bonchev–Trinajstić information content (AvgIpc) is 2.37. The molecule has 2 rings (SSSR count). The lowest BCUT2D eigenvalue weighted by atomic mass is 9.83. The van der Waals surface area contributed by atoms with Crippen molar-refractivity contribution in [2.75, 3.05) is 25.0 Å². The zero-order valence-electron chi connectivity index (χ0n) is 10.9. The van der Waals surface area contributed by atoms with Gasteiger partial charge in [-0.3, -0.25) is 10.1 Å². The van der Waals surface area contributed by atoms with Crippen LogP contribution in [0.2, 0.25) is 5.02 Å². The van der Waals surface area contributed by atoms with Crippen LogP contribution in [-0.2, 0) is 0 Å². The van der Waals surface area contributed by atoms with Gasteiger partial charge in [0.1, 0.15) is 10.7 Å². The number of nitro benzene ring substituents is 1. The molecule has 0 amide bonds. The zero-order valence-corrected chi connectivity index (χ0v) is 11.7. The fraction of sp³-hybridized carbons (Fsp3) is 0.538. The second-order valence-electron chi connectivity index (χ2n) is 5.34. The van der Waals surface area contributed by atoms with Crippen LogP contribution in [0.1, 0.15) is 19.8 Å². The molecule has 0 saturated carbocycles. The highest BCUT2D eigenvalue weighted by molar-refractivity contribution is 6.33. The van der Waals surface area contributed by atoms with Crippen molar-refractivity contribution in [2.45, 2.75) is 19.8 Å². The highest BCUT2D eigenvalue weighted by atomic mass is 35.5. The van der Waals surface area contributed by atoms with Gasteiger partial charge in [-0.25, -0.2) is 0 Å². The molecule has 0 aromatic heterocycles. The van der Waals surface area contributed by atoms with E-state index in [0.29, 0.717) is 12.2 Å². The van der Waals surface area contributed by atoms with Gasteiger partial charge in [0, 0.05) is 13.1 Å². The first-order valence-electron chi connectivity index (χ1n) is 6.39. The van der Waals surface area contributed by atoms with Crippen molar-refractivity contribution in [3.8, 4) is 0 Å². The van der Waals surface area contributed by atoms with Gasteiger partial charge in [0.15, 0.2) is 0 Å². The summed E-state index contributed by atoms with van der Waals surface area (Å²) in [5.74, 6) is 0. The van der Waals surface area contributed by atoms with Gasteiger partial charge in [0.05, 0.1) is 4.92 Å². The number of piperidine rings is 1. The van der Waals surface area contributed by atoms with Crippen LogP contribution in [0, 0.1) is 15.5 Å². The number of hydrogen-bond acceptors (Lipinski definition) is 4. The number of hydrogen-bond donors (Lipinski definition) is 2. The normalized spacial score (nSPS) is 23.1. The standard InChI is InChI=1S/C13H18ClN3O2/c1-13(6-3-7-15-8-13)9-16-11-5-2-4-10(14)12(11)17(18)19/h2,4-5,15-16H,3,6-9H2,1H3. The average molecular weight is 284 g/mol. The van der Waals surface area contributed by atoms with E-state index >= 15 is 0 Å². The van der Waals surface area contributed by atoms with E-state index in [1.807, 2.05) is 0 Å². The minimum Gasteiger partial charge on any atom is -0.379 e. The maximum absolute atomic E-state index is 11.0. The Labute approximate surface area is 117 Å². The summed E-state index contributed by atoms with van der Waals surface area (Å²) in [6.07, 6.45) is 2.25. The molecule has 104 valence electrons. The first-order chi connectivity index (χ1) is 9.02. The second-order valence-corrected chi connectivity index (χ2v) is 5.74. The predicted molar refractivity (Wildman–Crippen MR) is 76.8 cm³/mol. The highest BCUT2D eigenvalue weighted by Crippen LogP contribution is 2.34. The Balaban J connectivity index is 2.11. The first-order valence-corrected chi connectivity index (χ1v) is 6.77. The van der Waals surface area contributed by atoms with Crippen molar-refractivity contribution < 1.29 is 4.92 Å². The lowest BCUT2D eigenvalue weighted by Crippen LogP contribution is -2.42. The molecule has 1 atom stereocenters. The third-order valence-corrected chi connectivity index (χ3v) is 3.87. The maximum Gasteiger partial charge on any atom is 0.310 e. The summed E-state index contributed by atoms with van der Waals surface area (Å²) in [5, 5.41) is 17.8. The van der Waals surface area contributed by atoms with Crippen molar-refractivity contribution >= 4 is 23.0 Å². The number of nitro groups is 1. The van der Waals surface area contributed by atoms with Crippen LogP contribution in [0.25, 0.3) is 0 Å². The molecule has 0 bridgehead atoms. The SMILES string of the molecule is CC1(CNc2cccc(Cl)c2[N+](=O)[O-])CCCNC1. The van der Waals surface area contributed by atoms with Crippen molar-refractivity contribution in [1.29, 1.82) is 0 Å². The van der Waals surface area contributed by atoms with Gasteiger partial charge in [-0.15, -0.1) is 0 Å². The number of benzene rings is 1. The molecule has 1 aliphatic heterocycles. The molecule has 0 radical (unpaired) electrons. The molecule has 19 heavy (non-hydrogen) atoms. The summed E-state index contributed by atoms with van der Waals surface area (Å²) in [6.45, 7) is 4.85. The Bertz CT molecular complexity index is 473. The summed E-state index contributed by atoms with van der Waals surface area (Å²) in [7, 11) is 0. The van der Waals surface area contributed by atoms with Crippen LogP contribution in [-0.4, -0.2) is 24.6 Å². The number of anilines is 1. The van der Waals surface area contributed by atoms with Gasteiger partial charge in [-0.1, -0.05) is 24.6 Å². The van der Waals surface area contributed by atoms with E-state index in [1.165, 1.54) is 6.07 Å². The molecular formula is C13H18ClN3O2. The van der Waals surface area contributed by atoms with Gasteiger partial charge in [-0.2, -0.15) is 0 Å². The summed E-state index contributed by atoms with van der Waals surface area (Å²) in [4.78, 5) is 10.6. The molecule has 1 heterocycles. The molecule has 6 heteroatoms. The van der Waals surface area contributed by atoms with Crippen molar-refractivity contribution in [1.82, 2.24) is 5.32 Å². The molecule has 1 aliphatic rings. The highest BCUT2D eigenvalue weighted by Gasteiger charge is 2.27. The lowest BCUT2D eigenvalue weighted by molar-refractivity contribution is -0.383. The molecule has 1 fully saturated rings. The van der Waals surface area contributed by atoms with Gasteiger partial charge >= 0.3 is 5.69 Å². The lowest BCUT2D eigenvalue weighted by Gasteiger charge is -2.34. The van der Waals surface area contributed by atoms with Crippen LogP contribution < -0.4 is 10.6 Å². The molecule has 1 aromatic carbocycles. The third-order valence-electron chi connectivity index (χ3n) is 3.56. The van der Waals surface area contributed by atoms with Gasteiger partial charge < -0.3 is 10.6 Å². The molecule has 1 unspecified atom stereocenters. The number of nitrogens with zero attached hydrogens (tertiary/aromatic N) is 1. The van der Waals surface area contributed by atoms with Crippen molar-refractivity contribution in [3.63, 3.8) is 0 Å². The number of para-hydroxylation sites is 1. The molecule has 1 aromatic rings. The molecule has 1 saturated heterocycles. The minimum absolute atomic E-state index is 0.0449. The van der Waals surface area contributed by atoms with Crippen LogP contribution >= 0.6 is 11.6 Å². The van der Waals surface area contributed by atoms with Crippen molar-refractivity contribution in [2.24, 2.45) is 5.41 Å². The molecule has 0 aliphatic carbocycles. The number of rotatable bonds is 4. The van der Waals surface area contributed by atoms with Crippen LogP contribution in [0.3, 0.4) is 0 Å². The Hall–Kier alpha value is -1.33. The Morgan fingerprint density at radius 3 is 3.00 bits per heavy atom. The van der Waals surface area contributed by atoms with Gasteiger partial charge in [-0.05, 0) is 36.9 Å². The van der Waals surface area contributed by atoms with Gasteiger partial charge in [0.2, 0.25) is 0 Å². The van der Waals surface area contributed by atoms with E-state index in [2.05, 4.69) is 17.6 Å². The smallest absolute Gasteiger partial charge is 0.310 e. The summed E-state index contributed by atoms with van der Waals surface area (Å²) in [5.41, 5.74) is 0.565. The van der Waals surface area contributed by atoms with Crippen LogP contribution in [0.5, 0.6) is 0 Å². The van der Waals surface area contributed by atoms with E-state index in [0.717, 1.165) is 25.9 Å². The summed E-state index contributed by atoms with van der Waals surface area (Å²) < 4.78 is 0. The Kier molecular flexibility index (Phi) is 4.27. The Morgan fingerprint density at radius 2 is 2.37 bits per heavy atom. The number of halogens is 1. The Morgan fingerprint density at radius 1 is 1.58 bits per heavy atom. The topological polar surface area (TPSA) is 67.2 Å².